The van der Waals surface area contributed by atoms with Gasteiger partial charge >= 0.3 is 0 Å². The minimum atomic E-state index is -0.230. The molecule has 1 fully saturated rings. The van der Waals surface area contributed by atoms with Crippen molar-refractivity contribution >= 4 is 0 Å². The Morgan fingerprint density at radius 1 is 1.33 bits per heavy atom. The average Bonchev–Trinajstić information content (AvgIpc) is 3.05. The monoisotopic (exact) mass is 251 g/mol. The number of methoxy groups -OCH3 is 2. The van der Waals surface area contributed by atoms with Crippen LogP contribution in [0.25, 0.3) is 0 Å². The summed E-state index contributed by atoms with van der Waals surface area (Å²) < 4.78 is 10.7. The maximum Gasteiger partial charge on any atom is 0.122 e. The lowest BCUT2D eigenvalue weighted by Crippen LogP contribution is -2.28. The van der Waals surface area contributed by atoms with Crippen LogP contribution in [0.1, 0.15) is 18.9 Å². The molecule has 2 atom stereocenters. The molecule has 0 aliphatic heterocycles. The Balaban J connectivity index is 2.45. The summed E-state index contributed by atoms with van der Waals surface area (Å²) in [4.78, 5) is 0. The summed E-state index contributed by atoms with van der Waals surface area (Å²) in [6.07, 6.45) is 0.872. The predicted molar refractivity (Wildman–Crippen MR) is 70.1 cm³/mol. The normalized spacial score (nSPS) is 30.1. The molecule has 1 aliphatic rings. The van der Waals surface area contributed by atoms with Gasteiger partial charge in [0.25, 0.3) is 0 Å². The van der Waals surface area contributed by atoms with Gasteiger partial charge in [-0.2, -0.15) is 0 Å². The minimum Gasteiger partial charge on any atom is -0.497 e. The predicted octanol–water partition coefficient (Wildman–Crippen LogP) is 1.30. The topological polar surface area (TPSA) is 64.7 Å². The van der Waals surface area contributed by atoms with Crippen LogP contribution < -0.4 is 15.2 Å². The van der Waals surface area contributed by atoms with Gasteiger partial charge in [0, 0.05) is 22.9 Å². The summed E-state index contributed by atoms with van der Waals surface area (Å²) in [6, 6.07) is 5.75. The molecular weight excluding hydrogens is 230 g/mol. The van der Waals surface area contributed by atoms with Crippen LogP contribution in [0.5, 0.6) is 11.5 Å². The first-order chi connectivity index (χ1) is 8.56. The van der Waals surface area contributed by atoms with Gasteiger partial charge < -0.3 is 20.3 Å². The number of rotatable bonds is 5. The highest BCUT2D eigenvalue weighted by Gasteiger charge is 2.64. The summed E-state index contributed by atoms with van der Waals surface area (Å²) in [5, 5.41) is 9.59. The molecule has 0 bridgehead atoms. The summed E-state index contributed by atoms with van der Waals surface area (Å²) in [5.41, 5.74) is 6.51. The summed E-state index contributed by atoms with van der Waals surface area (Å²) >= 11 is 0. The zero-order chi connectivity index (χ0) is 13.4. The van der Waals surface area contributed by atoms with E-state index in [0.717, 1.165) is 23.5 Å². The maximum absolute atomic E-state index is 9.59. The van der Waals surface area contributed by atoms with E-state index in [-0.39, 0.29) is 17.4 Å². The van der Waals surface area contributed by atoms with Crippen LogP contribution in [0.3, 0.4) is 0 Å². The van der Waals surface area contributed by atoms with Crippen molar-refractivity contribution in [2.75, 3.05) is 27.4 Å². The van der Waals surface area contributed by atoms with Gasteiger partial charge in [0.2, 0.25) is 0 Å². The van der Waals surface area contributed by atoms with Crippen molar-refractivity contribution in [3.8, 4) is 11.5 Å². The number of aliphatic hydroxyl groups excluding tert-OH is 1. The molecule has 1 aliphatic carbocycles. The fourth-order valence-corrected chi connectivity index (χ4v) is 2.85. The van der Waals surface area contributed by atoms with Gasteiger partial charge in [0.05, 0.1) is 20.8 Å². The molecule has 18 heavy (non-hydrogen) atoms. The lowest BCUT2D eigenvalue weighted by atomic mass is 9.87. The van der Waals surface area contributed by atoms with Crippen LogP contribution in [-0.4, -0.2) is 32.5 Å². The molecule has 1 saturated carbocycles. The minimum absolute atomic E-state index is 0.0976. The molecule has 0 aromatic heterocycles. The Labute approximate surface area is 108 Å². The molecule has 4 nitrogen and oxygen atoms in total. The van der Waals surface area contributed by atoms with Crippen molar-refractivity contribution in [2.24, 2.45) is 11.1 Å². The quantitative estimate of drug-likeness (QED) is 0.828. The molecule has 1 aromatic carbocycles. The molecule has 0 amide bonds. The van der Waals surface area contributed by atoms with Crippen LogP contribution in [-0.2, 0) is 5.41 Å². The average molecular weight is 251 g/mol. The zero-order valence-electron chi connectivity index (χ0n) is 11.2. The maximum atomic E-state index is 9.59. The third kappa shape index (κ3) is 1.68. The van der Waals surface area contributed by atoms with E-state index in [9.17, 15) is 5.11 Å². The molecule has 0 saturated heterocycles. The van der Waals surface area contributed by atoms with Crippen molar-refractivity contribution in [3.63, 3.8) is 0 Å². The van der Waals surface area contributed by atoms with Crippen LogP contribution >= 0.6 is 0 Å². The Kier molecular flexibility index (Phi) is 3.25. The highest BCUT2D eigenvalue weighted by Crippen LogP contribution is 2.65. The molecule has 4 heteroatoms. The van der Waals surface area contributed by atoms with E-state index >= 15 is 0 Å². The second kappa shape index (κ2) is 4.44. The standard InChI is InChI=1S/C14H21NO3/c1-13(7-14(13,8-15)9-16)11-6-10(17-2)4-5-12(11)18-3/h4-6,16H,7-9,15H2,1-3H3. The molecule has 0 spiro atoms. The number of nitrogens with two attached hydrogens (primary N) is 1. The fourth-order valence-electron chi connectivity index (χ4n) is 2.85. The first kappa shape index (κ1) is 13.2. The highest BCUT2D eigenvalue weighted by molar-refractivity contribution is 5.50. The van der Waals surface area contributed by atoms with E-state index in [0.29, 0.717) is 6.54 Å². The Hall–Kier alpha value is -1.26. The van der Waals surface area contributed by atoms with Crippen molar-refractivity contribution in [1.82, 2.24) is 0 Å². The fraction of sp³-hybridized carbons (Fsp3) is 0.571. The van der Waals surface area contributed by atoms with Gasteiger partial charge in [0.1, 0.15) is 11.5 Å². The third-order valence-electron chi connectivity index (χ3n) is 4.43. The molecular formula is C14H21NO3. The van der Waals surface area contributed by atoms with Gasteiger partial charge in [-0.05, 0) is 24.6 Å². The van der Waals surface area contributed by atoms with Gasteiger partial charge in [-0.25, -0.2) is 0 Å². The van der Waals surface area contributed by atoms with E-state index in [1.165, 1.54) is 0 Å². The first-order valence-electron chi connectivity index (χ1n) is 6.10. The Morgan fingerprint density at radius 2 is 2.06 bits per heavy atom. The van der Waals surface area contributed by atoms with E-state index in [2.05, 4.69) is 6.92 Å². The summed E-state index contributed by atoms with van der Waals surface area (Å²) in [5.74, 6) is 1.62. The van der Waals surface area contributed by atoms with E-state index in [1.54, 1.807) is 14.2 Å². The molecule has 2 unspecified atom stereocenters. The van der Waals surface area contributed by atoms with Crippen molar-refractivity contribution in [3.05, 3.63) is 23.8 Å². The van der Waals surface area contributed by atoms with Crippen LogP contribution in [0.2, 0.25) is 0 Å². The summed E-state index contributed by atoms with van der Waals surface area (Å²) in [7, 11) is 3.29. The SMILES string of the molecule is COc1ccc(OC)c(C2(C)CC2(CN)CO)c1. The van der Waals surface area contributed by atoms with Crippen molar-refractivity contribution < 1.29 is 14.6 Å². The van der Waals surface area contributed by atoms with Gasteiger partial charge in [-0.1, -0.05) is 6.92 Å². The molecule has 1 aromatic rings. The van der Waals surface area contributed by atoms with Gasteiger partial charge in [-0.15, -0.1) is 0 Å². The molecule has 0 radical (unpaired) electrons. The second-order valence-corrected chi connectivity index (χ2v) is 5.22. The molecule has 0 heterocycles. The summed E-state index contributed by atoms with van der Waals surface area (Å²) in [6.45, 7) is 2.69. The van der Waals surface area contributed by atoms with E-state index < -0.39 is 0 Å². The number of hydrogen-bond acceptors (Lipinski definition) is 4. The highest BCUT2D eigenvalue weighted by atomic mass is 16.5. The van der Waals surface area contributed by atoms with Crippen molar-refractivity contribution in [2.45, 2.75) is 18.8 Å². The van der Waals surface area contributed by atoms with Crippen LogP contribution in [0, 0.1) is 5.41 Å². The van der Waals surface area contributed by atoms with E-state index in [4.69, 9.17) is 15.2 Å². The van der Waals surface area contributed by atoms with Crippen LogP contribution in [0.4, 0.5) is 0 Å². The first-order valence-corrected chi connectivity index (χ1v) is 6.10. The Morgan fingerprint density at radius 3 is 2.50 bits per heavy atom. The largest absolute Gasteiger partial charge is 0.497 e. The smallest absolute Gasteiger partial charge is 0.122 e. The third-order valence-corrected chi connectivity index (χ3v) is 4.43. The van der Waals surface area contributed by atoms with Gasteiger partial charge in [-0.3, -0.25) is 0 Å². The molecule has 2 rings (SSSR count). The Bertz CT molecular complexity index is 443. The van der Waals surface area contributed by atoms with Gasteiger partial charge in [0.15, 0.2) is 0 Å². The van der Waals surface area contributed by atoms with Crippen LogP contribution in [0.15, 0.2) is 18.2 Å². The lowest BCUT2D eigenvalue weighted by molar-refractivity contribution is 0.197. The molecule has 3 N–H and O–H groups in total. The number of hydrogen-bond donors (Lipinski definition) is 2. The van der Waals surface area contributed by atoms with E-state index in [1.807, 2.05) is 18.2 Å². The molecule has 100 valence electrons. The van der Waals surface area contributed by atoms with Crippen molar-refractivity contribution in [1.29, 1.82) is 0 Å². The lowest BCUT2D eigenvalue weighted by Gasteiger charge is -2.22. The zero-order valence-corrected chi connectivity index (χ0v) is 11.2. The second-order valence-electron chi connectivity index (χ2n) is 5.22. The number of aliphatic hydroxyl groups is 1. The number of benzene rings is 1. The number of ether oxygens (including phenoxy) is 2.